The van der Waals surface area contributed by atoms with Crippen LogP contribution in [-0.2, 0) is 4.74 Å². The summed E-state index contributed by atoms with van der Waals surface area (Å²) in [6.07, 6.45) is 0.205. The third kappa shape index (κ3) is 2.28. The summed E-state index contributed by atoms with van der Waals surface area (Å²) in [6, 6.07) is 7.90. The second-order valence-corrected chi connectivity index (χ2v) is 4.54. The molecule has 0 saturated carbocycles. The number of rotatable bonds is 2. The highest BCUT2D eigenvalue weighted by Gasteiger charge is 2.25. The van der Waals surface area contributed by atoms with Gasteiger partial charge in [0.15, 0.2) is 0 Å². The molecule has 1 heterocycles. The van der Waals surface area contributed by atoms with Gasteiger partial charge in [-0.15, -0.1) is 0 Å². The molecule has 0 N–H and O–H groups in total. The highest BCUT2D eigenvalue weighted by Crippen LogP contribution is 2.22. The molecule has 1 aliphatic heterocycles. The Morgan fingerprint density at radius 1 is 1.29 bits per heavy atom. The van der Waals surface area contributed by atoms with E-state index in [2.05, 4.69) is 22.9 Å². The van der Waals surface area contributed by atoms with Gasteiger partial charge >= 0.3 is 0 Å². The fourth-order valence-corrected chi connectivity index (χ4v) is 1.74. The van der Waals surface area contributed by atoms with Crippen LogP contribution in [0.4, 0.5) is 0 Å². The molecule has 1 aliphatic rings. The van der Waals surface area contributed by atoms with Crippen LogP contribution in [0, 0.1) is 5.92 Å². The van der Waals surface area contributed by atoms with Gasteiger partial charge in [-0.1, -0.05) is 22.9 Å². The van der Waals surface area contributed by atoms with Crippen LogP contribution in [0.2, 0.25) is 0 Å². The predicted molar refractivity (Wildman–Crippen MR) is 58.5 cm³/mol. The van der Waals surface area contributed by atoms with Crippen LogP contribution in [-0.4, -0.2) is 19.3 Å². The Bertz CT molecular complexity index is 297. The first kappa shape index (κ1) is 9.99. The van der Waals surface area contributed by atoms with Gasteiger partial charge in [0.2, 0.25) is 0 Å². The molecule has 0 unspecified atom stereocenters. The second kappa shape index (κ2) is 4.32. The molecule has 0 aromatic heterocycles. The summed E-state index contributed by atoms with van der Waals surface area (Å²) in [6.45, 7) is 3.66. The van der Waals surface area contributed by atoms with Crippen molar-refractivity contribution in [3.63, 3.8) is 0 Å². The maximum absolute atomic E-state index is 5.80. The van der Waals surface area contributed by atoms with Crippen LogP contribution < -0.4 is 4.74 Å². The van der Waals surface area contributed by atoms with Crippen molar-refractivity contribution in [2.75, 3.05) is 13.2 Å². The van der Waals surface area contributed by atoms with Crippen LogP contribution in [0.1, 0.15) is 6.92 Å². The molecule has 0 radical (unpaired) electrons. The van der Waals surface area contributed by atoms with E-state index in [1.165, 1.54) is 0 Å². The maximum Gasteiger partial charge on any atom is 0.127 e. The first-order chi connectivity index (χ1) is 6.75. The molecule has 1 fully saturated rings. The molecule has 0 aliphatic carbocycles. The van der Waals surface area contributed by atoms with Crippen LogP contribution in [0.5, 0.6) is 5.75 Å². The third-order valence-electron chi connectivity index (χ3n) is 2.40. The molecule has 2 atom stereocenters. The van der Waals surface area contributed by atoms with Gasteiger partial charge in [-0.2, -0.15) is 0 Å². The van der Waals surface area contributed by atoms with Crippen molar-refractivity contribution in [2.24, 2.45) is 5.92 Å². The Hall–Kier alpha value is -0.540. The highest BCUT2D eigenvalue weighted by atomic mass is 79.9. The van der Waals surface area contributed by atoms with E-state index < -0.39 is 0 Å². The minimum atomic E-state index is 0.205. The quantitative estimate of drug-likeness (QED) is 0.811. The van der Waals surface area contributed by atoms with Crippen LogP contribution in [0.3, 0.4) is 0 Å². The van der Waals surface area contributed by atoms with Gasteiger partial charge in [-0.25, -0.2) is 0 Å². The monoisotopic (exact) mass is 256 g/mol. The summed E-state index contributed by atoms with van der Waals surface area (Å²) in [5.74, 6) is 1.40. The molecular formula is C11H13BrO2. The Balaban J connectivity index is 2.00. The van der Waals surface area contributed by atoms with Crippen LogP contribution in [0.15, 0.2) is 28.7 Å². The van der Waals surface area contributed by atoms with Crippen molar-refractivity contribution in [3.8, 4) is 5.75 Å². The van der Waals surface area contributed by atoms with E-state index >= 15 is 0 Å². The first-order valence-electron chi connectivity index (χ1n) is 4.75. The van der Waals surface area contributed by atoms with E-state index in [0.717, 1.165) is 16.8 Å². The lowest BCUT2D eigenvalue weighted by molar-refractivity contribution is 0.138. The maximum atomic E-state index is 5.80. The zero-order chi connectivity index (χ0) is 9.97. The molecule has 0 bridgehead atoms. The second-order valence-electron chi connectivity index (χ2n) is 3.62. The molecular weight excluding hydrogens is 244 g/mol. The fraction of sp³-hybridized carbons (Fsp3) is 0.455. The number of ether oxygens (including phenoxy) is 2. The number of benzene rings is 1. The van der Waals surface area contributed by atoms with Crippen molar-refractivity contribution < 1.29 is 9.47 Å². The lowest BCUT2D eigenvalue weighted by Gasteiger charge is -2.15. The first-order valence-corrected chi connectivity index (χ1v) is 5.55. The SMILES string of the molecule is C[C@H]1COC[C@@H]1Oc1ccc(Br)cc1. The zero-order valence-electron chi connectivity index (χ0n) is 8.07. The normalized spacial score (nSPS) is 26.4. The van der Waals surface area contributed by atoms with Crippen molar-refractivity contribution in [3.05, 3.63) is 28.7 Å². The molecule has 1 aromatic rings. The zero-order valence-corrected chi connectivity index (χ0v) is 9.66. The average molecular weight is 257 g/mol. The number of hydrogen-bond donors (Lipinski definition) is 0. The summed E-state index contributed by atoms with van der Waals surface area (Å²) >= 11 is 3.39. The van der Waals surface area contributed by atoms with E-state index in [4.69, 9.17) is 9.47 Å². The highest BCUT2D eigenvalue weighted by molar-refractivity contribution is 9.10. The predicted octanol–water partition coefficient (Wildman–Crippen LogP) is 2.86. The Morgan fingerprint density at radius 2 is 2.00 bits per heavy atom. The lowest BCUT2D eigenvalue weighted by Crippen LogP contribution is -2.23. The average Bonchev–Trinajstić information content (AvgIpc) is 2.56. The summed E-state index contributed by atoms with van der Waals surface area (Å²) < 4.78 is 12.2. The summed E-state index contributed by atoms with van der Waals surface area (Å²) in [5.41, 5.74) is 0. The third-order valence-corrected chi connectivity index (χ3v) is 2.93. The molecule has 0 amide bonds. The Morgan fingerprint density at radius 3 is 2.57 bits per heavy atom. The van der Waals surface area contributed by atoms with Gasteiger partial charge in [0.1, 0.15) is 11.9 Å². The van der Waals surface area contributed by atoms with Crippen molar-refractivity contribution >= 4 is 15.9 Å². The summed E-state index contributed by atoms with van der Waals surface area (Å²) in [4.78, 5) is 0. The van der Waals surface area contributed by atoms with Gasteiger partial charge in [0.25, 0.3) is 0 Å². The van der Waals surface area contributed by atoms with Gasteiger partial charge < -0.3 is 9.47 Å². The molecule has 1 saturated heterocycles. The molecule has 0 spiro atoms. The number of hydrogen-bond acceptors (Lipinski definition) is 2. The standard InChI is InChI=1S/C11H13BrO2/c1-8-6-13-7-11(8)14-10-4-2-9(12)3-5-10/h2-5,8,11H,6-7H2,1H3/t8-,11-/m0/s1. The van der Waals surface area contributed by atoms with Crippen molar-refractivity contribution in [1.82, 2.24) is 0 Å². The smallest absolute Gasteiger partial charge is 0.127 e. The molecule has 76 valence electrons. The van der Waals surface area contributed by atoms with Crippen LogP contribution in [0.25, 0.3) is 0 Å². The van der Waals surface area contributed by atoms with Crippen molar-refractivity contribution in [1.29, 1.82) is 0 Å². The lowest BCUT2D eigenvalue weighted by atomic mass is 10.1. The Labute approximate surface area is 92.3 Å². The molecule has 14 heavy (non-hydrogen) atoms. The van der Waals surface area contributed by atoms with Gasteiger partial charge in [-0.05, 0) is 24.3 Å². The van der Waals surface area contributed by atoms with E-state index in [9.17, 15) is 0 Å². The van der Waals surface area contributed by atoms with Gasteiger partial charge in [-0.3, -0.25) is 0 Å². The molecule has 3 heteroatoms. The van der Waals surface area contributed by atoms with Gasteiger partial charge in [0.05, 0.1) is 13.2 Å². The van der Waals surface area contributed by atoms with E-state index in [1.54, 1.807) is 0 Å². The minimum Gasteiger partial charge on any atom is -0.488 e. The number of halogens is 1. The summed E-state index contributed by atoms with van der Waals surface area (Å²) in [7, 11) is 0. The topological polar surface area (TPSA) is 18.5 Å². The molecule has 1 aromatic carbocycles. The van der Waals surface area contributed by atoms with E-state index in [0.29, 0.717) is 12.5 Å². The summed E-state index contributed by atoms with van der Waals surface area (Å²) in [5, 5.41) is 0. The van der Waals surface area contributed by atoms with Crippen molar-refractivity contribution in [2.45, 2.75) is 13.0 Å². The minimum absolute atomic E-state index is 0.205. The molecule has 2 rings (SSSR count). The van der Waals surface area contributed by atoms with Crippen LogP contribution >= 0.6 is 15.9 Å². The van der Waals surface area contributed by atoms with E-state index in [1.807, 2.05) is 24.3 Å². The Kier molecular flexibility index (Phi) is 3.08. The van der Waals surface area contributed by atoms with E-state index in [-0.39, 0.29) is 6.10 Å². The van der Waals surface area contributed by atoms with Gasteiger partial charge in [0, 0.05) is 10.4 Å². The largest absolute Gasteiger partial charge is 0.488 e. The molecule has 2 nitrogen and oxygen atoms in total. The fourth-order valence-electron chi connectivity index (χ4n) is 1.48.